The summed E-state index contributed by atoms with van der Waals surface area (Å²) < 4.78 is 26.2. The zero-order chi connectivity index (χ0) is 13.4. The van der Waals surface area contributed by atoms with Crippen LogP contribution in [0.15, 0.2) is 9.72 Å². The molecule has 1 fully saturated rings. The number of carboxylic acids is 1. The minimum absolute atomic E-state index is 0.298. The molecule has 18 heavy (non-hydrogen) atoms. The normalized spacial score (nSPS) is 18.3. The van der Waals surface area contributed by atoms with Gasteiger partial charge in [-0.05, 0) is 19.3 Å². The Balaban J connectivity index is 2.31. The molecule has 1 aromatic rings. The second-order valence-corrected chi connectivity index (χ2v) is 6.92. The van der Waals surface area contributed by atoms with Crippen LogP contribution < -0.4 is 4.72 Å². The van der Waals surface area contributed by atoms with Crippen LogP contribution in [0.2, 0.25) is 0 Å². The Kier molecular flexibility index (Phi) is 3.41. The number of aromatic carboxylic acids is 1. The van der Waals surface area contributed by atoms with Gasteiger partial charge in [-0.3, -0.25) is 0 Å². The van der Waals surface area contributed by atoms with Crippen LogP contribution in [-0.4, -0.2) is 41.7 Å². The van der Waals surface area contributed by atoms with Gasteiger partial charge in [0.1, 0.15) is 0 Å². The van der Waals surface area contributed by atoms with Gasteiger partial charge >= 0.3 is 5.97 Å². The van der Waals surface area contributed by atoms with E-state index in [1.54, 1.807) is 0 Å². The quantitative estimate of drug-likeness (QED) is 0.705. The maximum Gasteiger partial charge on any atom is 0.356 e. The number of aromatic nitrogens is 1. The number of hydrogen-bond donors (Lipinski definition) is 3. The standard InChI is InChI=1S/C9H12N2O5S2/c12-4-9(2-1-3-9)11-18(15,16)8-6(7(13)14)10-5-17-8/h5,11-12H,1-4H2,(H,13,14). The fourth-order valence-corrected chi connectivity index (χ4v) is 4.39. The summed E-state index contributed by atoms with van der Waals surface area (Å²) in [5.74, 6) is -1.39. The molecule has 0 bridgehead atoms. The van der Waals surface area contributed by atoms with Gasteiger partial charge < -0.3 is 10.2 Å². The fourth-order valence-electron chi connectivity index (χ4n) is 1.80. The Morgan fingerprint density at radius 1 is 1.56 bits per heavy atom. The molecule has 1 heterocycles. The van der Waals surface area contributed by atoms with E-state index in [0.29, 0.717) is 12.8 Å². The van der Waals surface area contributed by atoms with E-state index in [1.807, 2.05) is 0 Å². The lowest BCUT2D eigenvalue weighted by molar-refractivity contribution is 0.0687. The molecule has 0 atom stereocenters. The summed E-state index contributed by atoms with van der Waals surface area (Å²) in [7, 11) is -3.96. The van der Waals surface area contributed by atoms with Crippen molar-refractivity contribution in [3.63, 3.8) is 0 Å². The molecule has 0 spiro atoms. The van der Waals surface area contributed by atoms with E-state index in [-0.39, 0.29) is 10.8 Å². The van der Waals surface area contributed by atoms with E-state index in [4.69, 9.17) is 5.11 Å². The minimum Gasteiger partial charge on any atom is -0.476 e. The summed E-state index contributed by atoms with van der Waals surface area (Å²) in [4.78, 5) is 14.4. The number of nitrogens with zero attached hydrogens (tertiary/aromatic N) is 1. The molecule has 0 amide bonds. The Hall–Kier alpha value is -1.03. The van der Waals surface area contributed by atoms with Crippen molar-refractivity contribution in [2.45, 2.75) is 29.0 Å². The van der Waals surface area contributed by atoms with Gasteiger partial charge in [0.25, 0.3) is 10.0 Å². The van der Waals surface area contributed by atoms with Gasteiger partial charge in [-0.25, -0.2) is 22.9 Å². The van der Waals surface area contributed by atoms with Crippen LogP contribution >= 0.6 is 11.3 Å². The molecule has 1 saturated carbocycles. The summed E-state index contributed by atoms with van der Waals surface area (Å²) in [6.45, 7) is -0.298. The van der Waals surface area contributed by atoms with E-state index < -0.39 is 27.2 Å². The number of carbonyl (C=O) groups is 1. The maximum absolute atomic E-state index is 12.1. The first-order valence-corrected chi connectivity index (χ1v) is 7.58. The first kappa shape index (κ1) is 13.4. The molecule has 7 nitrogen and oxygen atoms in total. The molecular formula is C9H12N2O5S2. The van der Waals surface area contributed by atoms with Gasteiger partial charge in [-0.2, -0.15) is 0 Å². The molecular weight excluding hydrogens is 280 g/mol. The SMILES string of the molecule is O=C(O)c1ncsc1S(=O)(=O)NC1(CO)CCC1. The van der Waals surface area contributed by atoms with Crippen LogP contribution in [0, 0.1) is 0 Å². The Bertz CT molecular complexity index is 556. The highest BCUT2D eigenvalue weighted by molar-refractivity contribution is 7.91. The average molecular weight is 292 g/mol. The summed E-state index contributed by atoms with van der Waals surface area (Å²) in [6, 6.07) is 0. The molecule has 2 rings (SSSR count). The summed E-state index contributed by atoms with van der Waals surface area (Å²) in [6.07, 6.45) is 1.92. The number of hydrogen-bond acceptors (Lipinski definition) is 6. The average Bonchev–Trinajstić information content (AvgIpc) is 2.73. The predicted octanol–water partition coefficient (Wildman–Crippen LogP) is 0.0346. The number of aliphatic hydroxyl groups is 1. The zero-order valence-electron chi connectivity index (χ0n) is 9.29. The largest absolute Gasteiger partial charge is 0.476 e. The minimum atomic E-state index is -3.96. The molecule has 0 aromatic carbocycles. The molecule has 1 aliphatic rings. The molecule has 1 aromatic heterocycles. The first-order chi connectivity index (χ1) is 8.40. The Morgan fingerprint density at radius 2 is 2.22 bits per heavy atom. The van der Waals surface area contributed by atoms with E-state index in [9.17, 15) is 18.3 Å². The highest BCUT2D eigenvalue weighted by Gasteiger charge is 2.41. The second-order valence-electron chi connectivity index (χ2n) is 4.19. The third-order valence-corrected chi connectivity index (χ3v) is 5.89. The number of sulfonamides is 1. The third kappa shape index (κ3) is 2.26. The first-order valence-electron chi connectivity index (χ1n) is 5.22. The summed E-state index contributed by atoms with van der Waals surface area (Å²) in [5, 5.41) is 18.1. The Morgan fingerprint density at radius 3 is 2.67 bits per heavy atom. The van der Waals surface area contributed by atoms with Crippen molar-refractivity contribution in [2.24, 2.45) is 0 Å². The van der Waals surface area contributed by atoms with Gasteiger partial charge in [0.05, 0.1) is 17.7 Å². The van der Waals surface area contributed by atoms with Crippen LogP contribution in [0.25, 0.3) is 0 Å². The molecule has 0 saturated heterocycles. The smallest absolute Gasteiger partial charge is 0.356 e. The van der Waals surface area contributed by atoms with E-state index >= 15 is 0 Å². The van der Waals surface area contributed by atoms with E-state index in [0.717, 1.165) is 17.8 Å². The highest BCUT2D eigenvalue weighted by atomic mass is 32.2. The van der Waals surface area contributed by atoms with Gasteiger partial charge in [-0.15, -0.1) is 11.3 Å². The number of nitrogens with one attached hydrogen (secondary N) is 1. The predicted molar refractivity (Wildman–Crippen MR) is 63.1 cm³/mol. The molecule has 0 aliphatic heterocycles. The van der Waals surface area contributed by atoms with Crippen molar-refractivity contribution < 1.29 is 23.4 Å². The van der Waals surface area contributed by atoms with Crippen molar-refractivity contribution >= 4 is 27.3 Å². The van der Waals surface area contributed by atoms with Crippen LogP contribution in [0.1, 0.15) is 29.8 Å². The maximum atomic E-state index is 12.1. The summed E-state index contributed by atoms with van der Waals surface area (Å²) in [5.41, 5.74) is -0.164. The van der Waals surface area contributed by atoms with Crippen molar-refractivity contribution in [2.75, 3.05) is 6.61 Å². The number of thiazole rings is 1. The van der Waals surface area contributed by atoms with Gasteiger partial charge in [0.2, 0.25) is 0 Å². The van der Waals surface area contributed by atoms with Crippen LogP contribution in [0.5, 0.6) is 0 Å². The molecule has 9 heteroatoms. The van der Waals surface area contributed by atoms with Gasteiger partial charge in [0, 0.05) is 0 Å². The van der Waals surface area contributed by atoms with E-state index in [1.165, 1.54) is 5.51 Å². The lowest BCUT2D eigenvalue weighted by Gasteiger charge is -2.40. The Labute approximate surface area is 108 Å². The number of aliphatic hydroxyl groups excluding tert-OH is 1. The zero-order valence-corrected chi connectivity index (χ0v) is 10.9. The van der Waals surface area contributed by atoms with Crippen molar-refractivity contribution in [1.82, 2.24) is 9.71 Å². The fraction of sp³-hybridized carbons (Fsp3) is 0.556. The van der Waals surface area contributed by atoms with Crippen molar-refractivity contribution in [3.8, 4) is 0 Å². The lowest BCUT2D eigenvalue weighted by atomic mass is 9.78. The molecule has 0 radical (unpaired) electrons. The second kappa shape index (κ2) is 4.57. The van der Waals surface area contributed by atoms with Gasteiger partial charge in [-0.1, -0.05) is 0 Å². The van der Waals surface area contributed by atoms with Crippen LogP contribution in [0.4, 0.5) is 0 Å². The van der Waals surface area contributed by atoms with Crippen molar-refractivity contribution in [3.05, 3.63) is 11.2 Å². The third-order valence-electron chi connectivity index (χ3n) is 2.95. The highest BCUT2D eigenvalue weighted by Crippen LogP contribution is 2.33. The molecule has 0 unspecified atom stereocenters. The number of rotatable bonds is 5. The molecule has 1 aliphatic carbocycles. The van der Waals surface area contributed by atoms with Crippen molar-refractivity contribution in [1.29, 1.82) is 0 Å². The summed E-state index contributed by atoms with van der Waals surface area (Å²) >= 11 is 0.747. The molecule has 100 valence electrons. The lowest BCUT2D eigenvalue weighted by Crippen LogP contribution is -2.55. The van der Waals surface area contributed by atoms with Gasteiger partial charge in [0.15, 0.2) is 9.90 Å². The number of carboxylic acid groups (broad SMARTS) is 1. The monoisotopic (exact) mass is 292 g/mol. The van der Waals surface area contributed by atoms with Crippen LogP contribution in [-0.2, 0) is 10.0 Å². The topological polar surface area (TPSA) is 117 Å². The van der Waals surface area contributed by atoms with Crippen LogP contribution in [0.3, 0.4) is 0 Å². The van der Waals surface area contributed by atoms with E-state index in [2.05, 4.69) is 9.71 Å². The molecule has 3 N–H and O–H groups in total.